The minimum atomic E-state index is -0.271. The second kappa shape index (κ2) is 5.19. The summed E-state index contributed by atoms with van der Waals surface area (Å²) in [6, 6.07) is 4.14. The molecule has 5 heteroatoms. The first-order valence-corrected chi connectivity index (χ1v) is 6.28. The maximum Gasteiger partial charge on any atom is 0.176 e. The van der Waals surface area contributed by atoms with Gasteiger partial charge in [0.2, 0.25) is 0 Å². The number of hydrogen-bond donors (Lipinski definition) is 2. The van der Waals surface area contributed by atoms with Gasteiger partial charge in [-0.05, 0) is 32.0 Å². The average molecular weight is 265 g/mol. The zero-order valence-corrected chi connectivity index (χ0v) is 11.2. The van der Waals surface area contributed by atoms with Gasteiger partial charge in [-0.25, -0.2) is 0 Å². The first-order chi connectivity index (χ1) is 8.90. The summed E-state index contributed by atoms with van der Waals surface area (Å²) in [6.45, 7) is 6.28. The largest absolute Gasteiger partial charge is 0.504 e. The van der Waals surface area contributed by atoms with E-state index in [1.54, 1.807) is 0 Å². The number of rotatable bonds is 3. The van der Waals surface area contributed by atoms with Gasteiger partial charge in [0.15, 0.2) is 17.3 Å². The van der Waals surface area contributed by atoms with Crippen LogP contribution in [0, 0.1) is 0 Å². The van der Waals surface area contributed by atoms with E-state index >= 15 is 0 Å². The number of ketones is 1. The van der Waals surface area contributed by atoms with Crippen molar-refractivity contribution in [3.05, 3.63) is 23.8 Å². The van der Waals surface area contributed by atoms with Gasteiger partial charge >= 0.3 is 0 Å². The fourth-order valence-electron chi connectivity index (χ4n) is 2.15. The number of ether oxygens (including phenoxy) is 1. The Bertz CT molecular complexity index is 484. The van der Waals surface area contributed by atoms with E-state index in [0.717, 1.165) is 0 Å². The molecule has 0 spiro atoms. The average Bonchev–Trinajstić information content (AvgIpc) is 2.35. The molecule has 0 aromatic heterocycles. The first-order valence-electron chi connectivity index (χ1n) is 6.28. The molecule has 0 radical (unpaired) electrons. The predicted octanol–water partition coefficient (Wildman–Crippen LogP) is 1.39. The Morgan fingerprint density at radius 3 is 2.74 bits per heavy atom. The summed E-state index contributed by atoms with van der Waals surface area (Å²) in [5, 5.41) is 18.7. The van der Waals surface area contributed by atoms with Crippen molar-refractivity contribution in [2.24, 2.45) is 0 Å². The lowest BCUT2D eigenvalue weighted by atomic mass is 10.0. The van der Waals surface area contributed by atoms with Crippen LogP contribution in [0.25, 0.3) is 0 Å². The molecular formula is C14H19NO4. The van der Waals surface area contributed by atoms with Crippen LogP contribution in [0.4, 0.5) is 0 Å². The molecule has 0 amide bonds. The molecule has 1 saturated heterocycles. The smallest absolute Gasteiger partial charge is 0.176 e. The van der Waals surface area contributed by atoms with Crippen LogP contribution in [0.15, 0.2) is 18.2 Å². The van der Waals surface area contributed by atoms with E-state index in [9.17, 15) is 15.0 Å². The topological polar surface area (TPSA) is 70.0 Å². The van der Waals surface area contributed by atoms with Gasteiger partial charge in [0.1, 0.15) is 0 Å². The Morgan fingerprint density at radius 2 is 2.11 bits per heavy atom. The molecule has 2 rings (SSSR count). The molecule has 1 aliphatic rings. The highest BCUT2D eigenvalue weighted by molar-refractivity contribution is 5.98. The zero-order valence-electron chi connectivity index (χ0n) is 11.2. The Kier molecular flexibility index (Phi) is 3.78. The molecule has 1 heterocycles. The second-order valence-corrected chi connectivity index (χ2v) is 5.41. The fraction of sp³-hybridized carbons (Fsp3) is 0.500. The highest BCUT2D eigenvalue weighted by Crippen LogP contribution is 2.26. The molecule has 5 nitrogen and oxygen atoms in total. The van der Waals surface area contributed by atoms with Crippen LogP contribution in [-0.4, -0.2) is 52.7 Å². The molecule has 0 bridgehead atoms. The third kappa shape index (κ3) is 3.05. The molecule has 1 aromatic carbocycles. The van der Waals surface area contributed by atoms with Crippen molar-refractivity contribution in [2.45, 2.75) is 19.4 Å². The lowest BCUT2D eigenvalue weighted by Gasteiger charge is -2.41. The van der Waals surface area contributed by atoms with Crippen molar-refractivity contribution in [1.82, 2.24) is 4.90 Å². The normalized spacial score (nSPS) is 19.3. The summed E-state index contributed by atoms with van der Waals surface area (Å²) >= 11 is 0. The molecule has 104 valence electrons. The molecular weight excluding hydrogens is 246 g/mol. The van der Waals surface area contributed by atoms with E-state index in [1.165, 1.54) is 18.2 Å². The lowest BCUT2D eigenvalue weighted by Crippen LogP contribution is -2.54. The Morgan fingerprint density at radius 1 is 1.37 bits per heavy atom. The zero-order chi connectivity index (χ0) is 14.0. The number of phenolic OH excluding ortho intramolecular Hbond substituents is 2. The molecule has 0 saturated carbocycles. The monoisotopic (exact) mass is 265 g/mol. The quantitative estimate of drug-likeness (QED) is 0.638. The minimum Gasteiger partial charge on any atom is -0.504 e. The Labute approximate surface area is 112 Å². The van der Waals surface area contributed by atoms with Crippen LogP contribution in [0.2, 0.25) is 0 Å². The van der Waals surface area contributed by atoms with Crippen LogP contribution >= 0.6 is 0 Å². The summed E-state index contributed by atoms with van der Waals surface area (Å²) in [4.78, 5) is 14.3. The highest BCUT2D eigenvalue weighted by Gasteiger charge is 2.31. The van der Waals surface area contributed by atoms with Gasteiger partial charge in [-0.15, -0.1) is 0 Å². The number of hydrogen-bond acceptors (Lipinski definition) is 5. The molecule has 19 heavy (non-hydrogen) atoms. The number of Topliss-reactive ketones (excluding diaryl/α,β-unsaturated/α-hetero) is 1. The fourth-order valence-corrected chi connectivity index (χ4v) is 2.15. The van der Waals surface area contributed by atoms with Crippen molar-refractivity contribution in [3.63, 3.8) is 0 Å². The van der Waals surface area contributed by atoms with E-state index in [-0.39, 0.29) is 29.4 Å². The maximum atomic E-state index is 12.2. The van der Waals surface area contributed by atoms with Gasteiger partial charge < -0.3 is 14.9 Å². The second-order valence-electron chi connectivity index (χ2n) is 5.41. The van der Waals surface area contributed by atoms with E-state index < -0.39 is 0 Å². The first kappa shape index (κ1) is 13.8. The molecule has 1 fully saturated rings. The van der Waals surface area contributed by atoms with Gasteiger partial charge in [0.05, 0.1) is 19.8 Å². The van der Waals surface area contributed by atoms with E-state index in [0.29, 0.717) is 25.3 Å². The van der Waals surface area contributed by atoms with E-state index in [1.807, 2.05) is 13.8 Å². The number of carbonyl (C=O) groups is 1. The molecule has 0 aliphatic carbocycles. The maximum absolute atomic E-state index is 12.2. The summed E-state index contributed by atoms with van der Waals surface area (Å²) in [6.07, 6.45) is 0. The molecule has 2 N–H and O–H groups in total. The summed E-state index contributed by atoms with van der Waals surface area (Å²) in [5.74, 6) is -0.569. The molecule has 0 atom stereocenters. The van der Waals surface area contributed by atoms with Crippen molar-refractivity contribution >= 4 is 5.78 Å². The molecule has 1 aliphatic heterocycles. The third-order valence-electron chi connectivity index (χ3n) is 3.45. The highest BCUT2D eigenvalue weighted by atomic mass is 16.5. The lowest BCUT2D eigenvalue weighted by molar-refractivity contribution is -0.0467. The Hall–Kier alpha value is -1.59. The summed E-state index contributed by atoms with van der Waals surface area (Å²) < 4.78 is 5.41. The van der Waals surface area contributed by atoms with E-state index in [4.69, 9.17) is 4.74 Å². The number of nitrogens with zero attached hydrogens (tertiary/aromatic N) is 1. The number of phenols is 2. The minimum absolute atomic E-state index is 0.0784. The van der Waals surface area contributed by atoms with Crippen LogP contribution in [-0.2, 0) is 4.74 Å². The van der Waals surface area contributed by atoms with Gasteiger partial charge in [0.25, 0.3) is 0 Å². The van der Waals surface area contributed by atoms with Crippen LogP contribution < -0.4 is 0 Å². The van der Waals surface area contributed by atoms with Gasteiger partial charge in [-0.1, -0.05) is 0 Å². The predicted molar refractivity (Wildman–Crippen MR) is 70.6 cm³/mol. The standard InChI is InChI=1S/C14H19NO4/c1-14(2)9-19-6-5-15(14)8-13(18)10-3-4-11(16)12(17)7-10/h3-4,7,16-17H,5-6,8-9H2,1-2H3. The van der Waals surface area contributed by atoms with Crippen molar-refractivity contribution in [3.8, 4) is 11.5 Å². The number of morpholine rings is 1. The van der Waals surface area contributed by atoms with Gasteiger partial charge in [0, 0.05) is 17.6 Å². The SMILES string of the molecule is CC1(C)COCCN1CC(=O)c1ccc(O)c(O)c1. The number of benzene rings is 1. The van der Waals surface area contributed by atoms with E-state index in [2.05, 4.69) is 4.90 Å². The molecule has 0 unspecified atom stereocenters. The van der Waals surface area contributed by atoms with Crippen molar-refractivity contribution < 1.29 is 19.7 Å². The van der Waals surface area contributed by atoms with Crippen molar-refractivity contribution in [1.29, 1.82) is 0 Å². The molecule has 1 aromatic rings. The van der Waals surface area contributed by atoms with Crippen LogP contribution in [0.1, 0.15) is 24.2 Å². The number of aromatic hydroxyl groups is 2. The summed E-state index contributed by atoms with van der Waals surface area (Å²) in [7, 11) is 0. The Balaban J connectivity index is 2.10. The third-order valence-corrected chi connectivity index (χ3v) is 3.45. The van der Waals surface area contributed by atoms with Crippen molar-refractivity contribution in [2.75, 3.05) is 26.3 Å². The summed E-state index contributed by atoms with van der Waals surface area (Å²) in [5.41, 5.74) is 0.227. The van der Waals surface area contributed by atoms with Crippen LogP contribution in [0.3, 0.4) is 0 Å². The van der Waals surface area contributed by atoms with Gasteiger partial charge in [-0.3, -0.25) is 9.69 Å². The van der Waals surface area contributed by atoms with Crippen LogP contribution in [0.5, 0.6) is 11.5 Å². The number of carbonyl (C=O) groups excluding carboxylic acids is 1. The van der Waals surface area contributed by atoms with Gasteiger partial charge in [-0.2, -0.15) is 0 Å².